The molecule has 0 aromatic heterocycles. The Bertz CT molecular complexity index is 1140. The van der Waals surface area contributed by atoms with Crippen molar-refractivity contribution in [3.8, 4) is 0 Å². The summed E-state index contributed by atoms with van der Waals surface area (Å²) in [6.07, 6.45) is 5.05. The standard InChI is InChI=1S/C27H43N9O8/c28-10-2-1-4-18-24(42)34-17(5-3-11-31-27(29)30)23(41)32-14-21(38)33-20(13-22(39)40)26(44)36-19(25(43)35-18)12-15-6-8-16(37)9-7-15/h6-8,16-20,37H,1-5,9-14,28H2,(H,32,41)(H,33,38)(H,34,42)(H,35,43)(H,36,44)(H,39,40)(H4,29,30,31)/t16?,17-,18-,19+,20-/m0/s1. The molecular formula is C27H43N9O8. The molecule has 5 atom stereocenters. The molecule has 1 saturated heterocycles. The van der Waals surface area contributed by atoms with Gasteiger partial charge in [0.15, 0.2) is 5.96 Å². The van der Waals surface area contributed by atoms with Crippen molar-refractivity contribution >= 4 is 41.5 Å². The molecule has 0 radical (unpaired) electrons. The molecule has 1 fully saturated rings. The Morgan fingerprint density at radius 2 is 1.52 bits per heavy atom. The molecule has 0 aromatic rings. The SMILES string of the molecule is N=C(N)NCCC[C@@H]1NC(=O)[C@H](CCCCN)NC(=O)[C@@H](CC2=CCC(O)C=C2)NC(=O)[C@H](CC(=O)O)NC(=O)CNC1=O. The van der Waals surface area contributed by atoms with E-state index in [1.807, 2.05) is 0 Å². The fourth-order valence-electron chi connectivity index (χ4n) is 4.55. The molecule has 0 aromatic carbocycles. The van der Waals surface area contributed by atoms with E-state index in [0.717, 1.165) is 0 Å². The third-order valence-electron chi connectivity index (χ3n) is 6.88. The largest absolute Gasteiger partial charge is 0.481 e. The summed E-state index contributed by atoms with van der Waals surface area (Å²) in [5, 5.41) is 41.4. The first kappa shape index (κ1) is 35.7. The van der Waals surface area contributed by atoms with E-state index in [9.17, 15) is 39.0 Å². The topological polar surface area (TPSA) is 291 Å². The van der Waals surface area contributed by atoms with Crippen LogP contribution in [0.1, 0.15) is 51.4 Å². The van der Waals surface area contributed by atoms with Gasteiger partial charge >= 0.3 is 5.97 Å². The zero-order valence-corrected chi connectivity index (χ0v) is 24.4. The number of carboxylic acid groups (broad SMARTS) is 1. The Kier molecular flexibility index (Phi) is 14.8. The lowest BCUT2D eigenvalue weighted by molar-refractivity contribution is -0.141. The number of rotatable bonds is 12. The van der Waals surface area contributed by atoms with E-state index in [1.54, 1.807) is 12.2 Å². The van der Waals surface area contributed by atoms with Gasteiger partial charge in [-0.25, -0.2) is 0 Å². The Morgan fingerprint density at radius 3 is 2.14 bits per heavy atom. The zero-order valence-electron chi connectivity index (χ0n) is 24.4. The first-order valence-electron chi connectivity index (χ1n) is 14.4. The number of amides is 5. The van der Waals surface area contributed by atoms with Gasteiger partial charge < -0.3 is 53.6 Å². The molecule has 244 valence electrons. The monoisotopic (exact) mass is 621 g/mol. The average Bonchev–Trinajstić information content (AvgIpc) is 2.96. The Labute approximate surface area is 254 Å². The van der Waals surface area contributed by atoms with E-state index in [4.69, 9.17) is 16.9 Å². The van der Waals surface area contributed by atoms with Crippen LogP contribution in [0.4, 0.5) is 0 Å². The predicted molar refractivity (Wildman–Crippen MR) is 158 cm³/mol. The van der Waals surface area contributed by atoms with Gasteiger partial charge in [0.05, 0.1) is 19.1 Å². The number of hydrogen-bond acceptors (Lipinski definition) is 9. The fourth-order valence-corrected chi connectivity index (χ4v) is 4.55. The average molecular weight is 622 g/mol. The van der Waals surface area contributed by atoms with Crippen LogP contribution < -0.4 is 43.4 Å². The van der Waals surface area contributed by atoms with Crippen molar-refractivity contribution in [1.29, 1.82) is 5.41 Å². The molecule has 17 nitrogen and oxygen atoms in total. The number of guanidine groups is 1. The first-order valence-corrected chi connectivity index (χ1v) is 14.4. The summed E-state index contributed by atoms with van der Waals surface area (Å²) < 4.78 is 0. The molecule has 2 aliphatic rings. The highest BCUT2D eigenvalue weighted by Gasteiger charge is 2.33. The van der Waals surface area contributed by atoms with Crippen LogP contribution >= 0.6 is 0 Å². The van der Waals surface area contributed by atoms with E-state index in [-0.39, 0.29) is 38.2 Å². The molecule has 1 aliphatic heterocycles. The molecular weight excluding hydrogens is 578 g/mol. The number of aliphatic hydroxyl groups excluding tert-OH is 1. The molecule has 1 heterocycles. The fraction of sp³-hybridized carbons (Fsp3) is 0.593. The number of carbonyl (C=O) groups is 6. The Balaban J connectivity index is 2.42. The quantitative estimate of drug-likeness (QED) is 0.0579. The van der Waals surface area contributed by atoms with Crippen molar-refractivity contribution in [3.63, 3.8) is 0 Å². The van der Waals surface area contributed by atoms with E-state index >= 15 is 0 Å². The minimum atomic E-state index is -1.58. The molecule has 17 heteroatoms. The van der Waals surface area contributed by atoms with Crippen LogP contribution in [-0.4, -0.2) is 102 Å². The molecule has 13 N–H and O–H groups in total. The Morgan fingerprint density at radius 1 is 0.909 bits per heavy atom. The van der Waals surface area contributed by atoms with Crippen LogP contribution in [0, 0.1) is 5.41 Å². The number of aliphatic hydroxyl groups is 1. The number of nitrogens with one attached hydrogen (secondary N) is 7. The van der Waals surface area contributed by atoms with Crippen molar-refractivity contribution in [2.75, 3.05) is 19.6 Å². The summed E-state index contributed by atoms with van der Waals surface area (Å²) in [6, 6.07) is -5.14. The van der Waals surface area contributed by atoms with Gasteiger partial charge in [-0.15, -0.1) is 0 Å². The molecule has 0 saturated carbocycles. The van der Waals surface area contributed by atoms with Crippen molar-refractivity contribution < 1.29 is 39.0 Å². The van der Waals surface area contributed by atoms with E-state index in [1.165, 1.54) is 6.08 Å². The maximum Gasteiger partial charge on any atom is 0.305 e. The molecule has 44 heavy (non-hydrogen) atoms. The highest BCUT2D eigenvalue weighted by Crippen LogP contribution is 2.17. The van der Waals surface area contributed by atoms with Crippen LogP contribution in [0.25, 0.3) is 0 Å². The smallest absolute Gasteiger partial charge is 0.305 e. The molecule has 0 spiro atoms. The van der Waals surface area contributed by atoms with Crippen molar-refractivity contribution in [3.05, 3.63) is 23.8 Å². The maximum atomic E-state index is 13.6. The number of nitrogens with two attached hydrogens (primary N) is 2. The molecule has 1 unspecified atom stereocenters. The lowest BCUT2D eigenvalue weighted by Crippen LogP contribution is -2.57. The summed E-state index contributed by atoms with van der Waals surface area (Å²) in [4.78, 5) is 77.4. The van der Waals surface area contributed by atoms with Gasteiger partial charge in [0, 0.05) is 13.0 Å². The highest BCUT2D eigenvalue weighted by molar-refractivity contribution is 5.98. The lowest BCUT2D eigenvalue weighted by Gasteiger charge is -2.26. The maximum absolute atomic E-state index is 13.6. The van der Waals surface area contributed by atoms with Crippen LogP contribution in [0.15, 0.2) is 23.8 Å². The van der Waals surface area contributed by atoms with Gasteiger partial charge in [-0.2, -0.15) is 0 Å². The second-order valence-electron chi connectivity index (χ2n) is 10.5. The summed E-state index contributed by atoms with van der Waals surface area (Å²) in [7, 11) is 0. The summed E-state index contributed by atoms with van der Waals surface area (Å²) >= 11 is 0. The molecule has 2 rings (SSSR count). The van der Waals surface area contributed by atoms with Crippen molar-refractivity contribution in [2.24, 2.45) is 11.5 Å². The normalized spacial score (nSPS) is 25.2. The van der Waals surface area contributed by atoms with Crippen LogP contribution in [0.5, 0.6) is 0 Å². The number of unbranched alkanes of at least 4 members (excludes halogenated alkanes) is 1. The number of allylic oxidation sites excluding steroid dienone is 1. The predicted octanol–water partition coefficient (Wildman–Crippen LogP) is -3.44. The van der Waals surface area contributed by atoms with Crippen LogP contribution in [0.2, 0.25) is 0 Å². The third kappa shape index (κ3) is 12.8. The Hall–Kier alpha value is -4.51. The van der Waals surface area contributed by atoms with Crippen molar-refractivity contribution in [1.82, 2.24) is 31.9 Å². The van der Waals surface area contributed by atoms with E-state index < -0.39 is 78.7 Å². The van der Waals surface area contributed by atoms with Crippen LogP contribution in [-0.2, 0) is 28.8 Å². The molecule has 1 aliphatic carbocycles. The minimum absolute atomic E-state index is 0.0581. The van der Waals surface area contributed by atoms with Gasteiger partial charge in [0.1, 0.15) is 24.2 Å². The number of aliphatic carboxylic acids is 1. The minimum Gasteiger partial charge on any atom is -0.481 e. The van der Waals surface area contributed by atoms with Crippen LogP contribution in [0.3, 0.4) is 0 Å². The summed E-state index contributed by atoms with van der Waals surface area (Å²) in [5.41, 5.74) is 11.5. The van der Waals surface area contributed by atoms with Gasteiger partial charge in [0.25, 0.3) is 0 Å². The van der Waals surface area contributed by atoms with Gasteiger partial charge in [-0.05, 0) is 50.6 Å². The van der Waals surface area contributed by atoms with Gasteiger partial charge in [-0.1, -0.05) is 18.2 Å². The first-order chi connectivity index (χ1) is 20.9. The van der Waals surface area contributed by atoms with Gasteiger partial charge in [-0.3, -0.25) is 34.2 Å². The lowest BCUT2D eigenvalue weighted by atomic mass is 9.97. The summed E-state index contributed by atoms with van der Waals surface area (Å²) in [5.74, 6) is -5.66. The summed E-state index contributed by atoms with van der Waals surface area (Å²) in [6.45, 7) is -0.0614. The number of carbonyl (C=O) groups excluding carboxylic acids is 5. The zero-order chi connectivity index (χ0) is 32.6. The van der Waals surface area contributed by atoms with E-state index in [2.05, 4.69) is 31.9 Å². The molecule has 5 amide bonds. The third-order valence-corrected chi connectivity index (χ3v) is 6.88. The van der Waals surface area contributed by atoms with Gasteiger partial charge in [0.2, 0.25) is 29.5 Å². The number of hydrogen-bond donors (Lipinski definition) is 11. The highest BCUT2D eigenvalue weighted by atomic mass is 16.4. The number of carboxylic acids is 1. The van der Waals surface area contributed by atoms with Crippen molar-refractivity contribution in [2.45, 2.75) is 81.6 Å². The molecule has 0 bridgehead atoms. The second-order valence-corrected chi connectivity index (χ2v) is 10.5. The van der Waals surface area contributed by atoms with E-state index in [0.29, 0.717) is 31.4 Å². The second kappa shape index (κ2) is 18.2.